The van der Waals surface area contributed by atoms with Crippen molar-refractivity contribution in [2.45, 2.75) is 6.61 Å². The molecule has 0 bridgehead atoms. The molecule has 1 N–H and O–H groups in total. The van der Waals surface area contributed by atoms with Gasteiger partial charge >= 0.3 is 5.97 Å². The minimum atomic E-state index is -0.969. The Morgan fingerprint density at radius 1 is 1.33 bits per heavy atom. The maximum atomic E-state index is 10.6. The van der Waals surface area contributed by atoms with E-state index in [1.807, 2.05) is 17.5 Å². The number of ether oxygens (including phenoxy) is 3. The zero-order chi connectivity index (χ0) is 14.7. The number of hydrogen-bond acceptors (Lipinski definition) is 5. The molecule has 1 aromatic heterocycles. The average molecular weight is 304 g/mol. The number of hydrogen-bond donors (Lipinski definition) is 1. The highest BCUT2D eigenvalue weighted by Gasteiger charge is 2.14. The van der Waals surface area contributed by atoms with E-state index < -0.39 is 5.97 Å². The van der Waals surface area contributed by atoms with Gasteiger partial charge in [-0.2, -0.15) is 0 Å². The fourth-order valence-electron chi connectivity index (χ4n) is 1.89. The molecule has 1 aromatic carbocycles. The lowest BCUT2D eigenvalue weighted by Gasteiger charge is -2.06. The van der Waals surface area contributed by atoms with Crippen LogP contribution in [-0.2, 0) is 11.4 Å². The molecule has 0 saturated carbocycles. The van der Waals surface area contributed by atoms with E-state index in [0.717, 1.165) is 16.5 Å². The Bertz CT molecular complexity index is 689. The SMILES string of the molecule is O=C(O)C=Cc1ccsc1COc1ccc2c(c1)OCO2. The monoisotopic (exact) mass is 304 g/mol. The number of fused-ring (bicyclic) bond motifs is 1. The van der Waals surface area contributed by atoms with Crippen LogP contribution in [0.2, 0.25) is 0 Å². The van der Waals surface area contributed by atoms with Crippen LogP contribution < -0.4 is 14.2 Å². The Labute approximate surface area is 125 Å². The summed E-state index contributed by atoms with van der Waals surface area (Å²) in [4.78, 5) is 11.5. The van der Waals surface area contributed by atoms with E-state index in [4.69, 9.17) is 19.3 Å². The van der Waals surface area contributed by atoms with E-state index in [1.54, 1.807) is 18.2 Å². The van der Waals surface area contributed by atoms with Crippen LogP contribution in [0.25, 0.3) is 6.08 Å². The van der Waals surface area contributed by atoms with Crippen LogP contribution in [0, 0.1) is 0 Å². The van der Waals surface area contributed by atoms with Gasteiger partial charge in [-0.05, 0) is 35.2 Å². The number of carboxylic acids is 1. The number of carbonyl (C=O) groups is 1. The number of rotatable bonds is 5. The summed E-state index contributed by atoms with van der Waals surface area (Å²) in [6, 6.07) is 7.26. The molecule has 108 valence electrons. The van der Waals surface area contributed by atoms with Gasteiger partial charge in [-0.15, -0.1) is 11.3 Å². The van der Waals surface area contributed by atoms with Crippen LogP contribution in [0.1, 0.15) is 10.4 Å². The molecule has 0 amide bonds. The van der Waals surface area contributed by atoms with Crippen LogP contribution >= 0.6 is 11.3 Å². The van der Waals surface area contributed by atoms with Gasteiger partial charge in [0.15, 0.2) is 11.5 Å². The van der Waals surface area contributed by atoms with Gasteiger partial charge in [0.2, 0.25) is 6.79 Å². The predicted octanol–water partition coefficient (Wildman–Crippen LogP) is 3.15. The molecule has 0 unspecified atom stereocenters. The van der Waals surface area contributed by atoms with Gasteiger partial charge < -0.3 is 19.3 Å². The van der Waals surface area contributed by atoms with Crippen molar-refractivity contribution in [1.29, 1.82) is 0 Å². The normalized spacial score (nSPS) is 12.8. The Balaban J connectivity index is 1.68. The van der Waals surface area contributed by atoms with E-state index in [0.29, 0.717) is 23.9 Å². The van der Waals surface area contributed by atoms with Crippen molar-refractivity contribution in [3.63, 3.8) is 0 Å². The summed E-state index contributed by atoms with van der Waals surface area (Å²) in [5.74, 6) is 1.10. The van der Waals surface area contributed by atoms with E-state index in [9.17, 15) is 4.79 Å². The maximum Gasteiger partial charge on any atom is 0.328 e. The van der Waals surface area contributed by atoms with Gasteiger partial charge in [0.1, 0.15) is 12.4 Å². The Morgan fingerprint density at radius 3 is 3.05 bits per heavy atom. The largest absolute Gasteiger partial charge is 0.488 e. The molecule has 1 aliphatic rings. The molecule has 6 heteroatoms. The zero-order valence-electron chi connectivity index (χ0n) is 10.9. The Kier molecular flexibility index (Phi) is 3.79. The van der Waals surface area contributed by atoms with Gasteiger partial charge in [0.05, 0.1) is 0 Å². The van der Waals surface area contributed by atoms with Crippen LogP contribution in [0.15, 0.2) is 35.7 Å². The summed E-state index contributed by atoms with van der Waals surface area (Å²) < 4.78 is 16.2. The molecule has 1 aliphatic heterocycles. The summed E-state index contributed by atoms with van der Waals surface area (Å²) in [5.41, 5.74) is 0.850. The number of benzene rings is 1. The molecule has 0 radical (unpaired) electrons. The van der Waals surface area contributed by atoms with Crippen molar-refractivity contribution in [2.24, 2.45) is 0 Å². The Morgan fingerprint density at radius 2 is 2.19 bits per heavy atom. The second-order valence-corrected chi connectivity index (χ2v) is 5.28. The summed E-state index contributed by atoms with van der Waals surface area (Å²) in [6.07, 6.45) is 2.68. The first-order valence-electron chi connectivity index (χ1n) is 6.22. The highest BCUT2D eigenvalue weighted by Crippen LogP contribution is 2.35. The van der Waals surface area contributed by atoms with Crippen LogP contribution in [0.4, 0.5) is 0 Å². The van der Waals surface area contributed by atoms with Crippen molar-refractivity contribution in [3.05, 3.63) is 46.2 Å². The van der Waals surface area contributed by atoms with Crippen LogP contribution in [-0.4, -0.2) is 17.9 Å². The minimum Gasteiger partial charge on any atom is -0.488 e. The van der Waals surface area contributed by atoms with Crippen molar-refractivity contribution < 1.29 is 24.1 Å². The highest BCUT2D eigenvalue weighted by atomic mass is 32.1. The molecule has 2 aromatic rings. The molecule has 21 heavy (non-hydrogen) atoms. The van der Waals surface area contributed by atoms with E-state index in [1.165, 1.54) is 11.3 Å². The van der Waals surface area contributed by atoms with Gasteiger partial charge in [-0.3, -0.25) is 0 Å². The molecule has 3 rings (SSSR count). The van der Waals surface area contributed by atoms with Gasteiger partial charge in [0.25, 0.3) is 0 Å². The van der Waals surface area contributed by atoms with Gasteiger partial charge in [-0.1, -0.05) is 0 Å². The lowest BCUT2D eigenvalue weighted by atomic mass is 10.2. The quantitative estimate of drug-likeness (QED) is 0.860. The van der Waals surface area contributed by atoms with E-state index in [-0.39, 0.29) is 6.79 Å². The summed E-state index contributed by atoms with van der Waals surface area (Å²) in [5, 5.41) is 10.6. The van der Waals surface area contributed by atoms with Crippen molar-refractivity contribution in [3.8, 4) is 17.2 Å². The maximum absolute atomic E-state index is 10.6. The fourth-order valence-corrected chi connectivity index (χ4v) is 2.67. The molecule has 0 aliphatic carbocycles. The third-order valence-electron chi connectivity index (χ3n) is 2.90. The molecular weight excluding hydrogens is 292 g/mol. The number of carboxylic acid groups (broad SMARTS) is 1. The fraction of sp³-hybridized carbons (Fsp3) is 0.133. The van der Waals surface area contributed by atoms with Gasteiger partial charge in [0, 0.05) is 17.0 Å². The summed E-state index contributed by atoms with van der Waals surface area (Å²) >= 11 is 1.52. The summed E-state index contributed by atoms with van der Waals surface area (Å²) in [6.45, 7) is 0.602. The third kappa shape index (κ3) is 3.17. The van der Waals surface area contributed by atoms with Crippen molar-refractivity contribution in [2.75, 3.05) is 6.79 Å². The second-order valence-electron chi connectivity index (χ2n) is 4.27. The molecule has 0 spiro atoms. The summed E-state index contributed by atoms with van der Waals surface area (Å²) in [7, 11) is 0. The zero-order valence-corrected chi connectivity index (χ0v) is 11.8. The topological polar surface area (TPSA) is 65.0 Å². The first kappa shape index (κ1) is 13.5. The average Bonchev–Trinajstić information content (AvgIpc) is 3.11. The van der Waals surface area contributed by atoms with Crippen molar-refractivity contribution >= 4 is 23.4 Å². The predicted molar refractivity (Wildman–Crippen MR) is 77.9 cm³/mol. The highest BCUT2D eigenvalue weighted by molar-refractivity contribution is 7.10. The first-order chi connectivity index (χ1) is 10.2. The minimum absolute atomic E-state index is 0.230. The second kappa shape index (κ2) is 5.88. The molecule has 0 fully saturated rings. The number of aliphatic carboxylic acids is 1. The van der Waals surface area contributed by atoms with Crippen LogP contribution in [0.3, 0.4) is 0 Å². The standard InChI is InChI=1S/C15H12O5S/c16-15(17)4-1-10-5-6-21-14(10)8-18-11-2-3-12-13(7-11)20-9-19-12/h1-7H,8-9H2,(H,16,17). The first-order valence-corrected chi connectivity index (χ1v) is 7.10. The molecule has 2 heterocycles. The van der Waals surface area contributed by atoms with Crippen molar-refractivity contribution in [1.82, 2.24) is 0 Å². The van der Waals surface area contributed by atoms with Crippen LogP contribution in [0.5, 0.6) is 17.2 Å². The third-order valence-corrected chi connectivity index (χ3v) is 3.81. The van der Waals surface area contributed by atoms with E-state index in [2.05, 4.69) is 0 Å². The number of thiophene rings is 1. The smallest absolute Gasteiger partial charge is 0.328 e. The molecule has 5 nitrogen and oxygen atoms in total. The van der Waals surface area contributed by atoms with Gasteiger partial charge in [-0.25, -0.2) is 4.79 Å². The lowest BCUT2D eigenvalue weighted by molar-refractivity contribution is -0.131. The molecular formula is C15H12O5S. The molecule has 0 atom stereocenters. The lowest BCUT2D eigenvalue weighted by Crippen LogP contribution is -1.95. The van der Waals surface area contributed by atoms with E-state index >= 15 is 0 Å². The molecule has 0 saturated heterocycles. The Hall–Kier alpha value is -2.47.